The van der Waals surface area contributed by atoms with Crippen LogP contribution in [0.1, 0.15) is 29.3 Å². The molecule has 0 saturated carbocycles. The van der Waals surface area contributed by atoms with Crippen molar-refractivity contribution in [1.82, 2.24) is 19.9 Å². The number of anilines is 1. The van der Waals surface area contributed by atoms with Gasteiger partial charge in [-0.3, -0.25) is 4.79 Å². The predicted octanol–water partition coefficient (Wildman–Crippen LogP) is 3.57. The first-order valence-corrected chi connectivity index (χ1v) is 10.6. The summed E-state index contributed by atoms with van der Waals surface area (Å²) in [4.78, 5) is 22.6. The first-order chi connectivity index (χ1) is 15.2. The summed E-state index contributed by atoms with van der Waals surface area (Å²) >= 11 is 0. The molecule has 0 aliphatic rings. The molecule has 0 saturated heterocycles. The molecule has 4 aromatic rings. The van der Waals surface area contributed by atoms with Crippen molar-refractivity contribution < 1.29 is 9.53 Å². The number of hydrogen-bond acceptors (Lipinski definition) is 5. The molecule has 7 nitrogen and oxygen atoms in total. The quantitative estimate of drug-likeness (QED) is 0.406. The topological polar surface area (TPSA) is 95.1 Å². The summed E-state index contributed by atoms with van der Waals surface area (Å²) < 4.78 is 7.24. The Labute approximate surface area is 181 Å². The standard InChI is InChI=1S/C24H27N5O2/c1-2-31-16-8-14-26-24(30)20-21-23(28-19-12-7-6-11-18(19)27-21)29(22(20)25)15-13-17-9-4-3-5-10-17/h3-7,9-12H,2,8,13-16,25H2,1H3,(H,26,30). The zero-order valence-corrected chi connectivity index (χ0v) is 17.7. The van der Waals surface area contributed by atoms with Crippen molar-refractivity contribution in [2.45, 2.75) is 26.3 Å². The van der Waals surface area contributed by atoms with Crippen molar-refractivity contribution >= 4 is 33.9 Å². The molecule has 0 fully saturated rings. The van der Waals surface area contributed by atoms with Crippen LogP contribution in [0, 0.1) is 0 Å². The third-order valence-electron chi connectivity index (χ3n) is 5.24. The number of nitrogens with one attached hydrogen (secondary N) is 1. The minimum atomic E-state index is -0.234. The van der Waals surface area contributed by atoms with E-state index in [2.05, 4.69) is 17.4 Å². The lowest BCUT2D eigenvalue weighted by atomic mass is 10.1. The number of fused-ring (bicyclic) bond motifs is 2. The Balaban J connectivity index is 1.69. The molecule has 2 heterocycles. The molecule has 3 N–H and O–H groups in total. The number of aromatic nitrogens is 3. The highest BCUT2D eigenvalue weighted by Gasteiger charge is 2.23. The van der Waals surface area contributed by atoms with Gasteiger partial charge in [0.15, 0.2) is 5.65 Å². The van der Waals surface area contributed by atoms with E-state index in [0.717, 1.165) is 23.9 Å². The number of hydrogen-bond donors (Lipinski definition) is 2. The van der Waals surface area contributed by atoms with Gasteiger partial charge in [0.1, 0.15) is 16.9 Å². The summed E-state index contributed by atoms with van der Waals surface area (Å²) in [6, 6.07) is 17.8. The highest BCUT2D eigenvalue weighted by atomic mass is 16.5. The minimum Gasteiger partial charge on any atom is -0.384 e. The maximum absolute atomic E-state index is 13.0. The van der Waals surface area contributed by atoms with Crippen molar-refractivity contribution in [3.8, 4) is 0 Å². The lowest BCUT2D eigenvalue weighted by Crippen LogP contribution is -2.26. The van der Waals surface area contributed by atoms with Gasteiger partial charge in [0.25, 0.3) is 5.91 Å². The van der Waals surface area contributed by atoms with Crippen molar-refractivity contribution in [3.63, 3.8) is 0 Å². The fourth-order valence-electron chi connectivity index (χ4n) is 3.66. The number of carbonyl (C=O) groups excluding carboxylic acids is 1. The number of nitrogen functional groups attached to an aromatic ring is 1. The van der Waals surface area contributed by atoms with E-state index in [1.165, 1.54) is 5.56 Å². The summed E-state index contributed by atoms with van der Waals surface area (Å²) in [5.41, 5.74) is 10.8. The number of carbonyl (C=O) groups is 1. The Morgan fingerprint density at radius 3 is 2.52 bits per heavy atom. The Bertz CT molecular complexity index is 1190. The van der Waals surface area contributed by atoms with Gasteiger partial charge in [-0.1, -0.05) is 42.5 Å². The fraction of sp³-hybridized carbons (Fsp3) is 0.292. The van der Waals surface area contributed by atoms with Gasteiger partial charge in [0.05, 0.1) is 11.0 Å². The Kier molecular flexibility index (Phi) is 6.43. The highest BCUT2D eigenvalue weighted by Crippen LogP contribution is 2.28. The van der Waals surface area contributed by atoms with Crippen molar-refractivity contribution in [3.05, 3.63) is 65.7 Å². The van der Waals surface area contributed by atoms with Crippen molar-refractivity contribution in [2.75, 3.05) is 25.5 Å². The molecule has 1 amide bonds. The van der Waals surface area contributed by atoms with E-state index in [4.69, 9.17) is 20.4 Å². The minimum absolute atomic E-state index is 0.234. The summed E-state index contributed by atoms with van der Waals surface area (Å²) in [5.74, 6) is 0.158. The largest absolute Gasteiger partial charge is 0.384 e. The van der Waals surface area contributed by atoms with Gasteiger partial charge in [-0.2, -0.15) is 0 Å². The van der Waals surface area contributed by atoms with E-state index in [-0.39, 0.29) is 5.91 Å². The van der Waals surface area contributed by atoms with Gasteiger partial charge in [-0.15, -0.1) is 0 Å². The molecule has 160 valence electrons. The molecule has 31 heavy (non-hydrogen) atoms. The van der Waals surface area contributed by atoms with Crippen LogP contribution in [-0.4, -0.2) is 40.2 Å². The van der Waals surface area contributed by atoms with E-state index < -0.39 is 0 Å². The van der Waals surface area contributed by atoms with Gasteiger partial charge >= 0.3 is 0 Å². The molecular weight excluding hydrogens is 390 g/mol. The second kappa shape index (κ2) is 9.57. The van der Waals surface area contributed by atoms with E-state index >= 15 is 0 Å². The number of rotatable bonds is 9. The summed E-state index contributed by atoms with van der Waals surface area (Å²) in [6.07, 6.45) is 1.51. The second-order valence-corrected chi connectivity index (χ2v) is 7.34. The molecule has 0 unspecified atom stereocenters. The number of amides is 1. The van der Waals surface area contributed by atoms with Gasteiger partial charge < -0.3 is 20.4 Å². The zero-order chi connectivity index (χ0) is 21.6. The predicted molar refractivity (Wildman–Crippen MR) is 123 cm³/mol. The number of nitrogens with zero attached hydrogens (tertiary/aromatic N) is 3. The molecule has 0 aliphatic heterocycles. The Morgan fingerprint density at radius 2 is 1.77 bits per heavy atom. The molecule has 0 spiro atoms. The monoisotopic (exact) mass is 417 g/mol. The van der Waals surface area contributed by atoms with Crippen LogP contribution in [0.15, 0.2) is 54.6 Å². The zero-order valence-electron chi connectivity index (χ0n) is 17.7. The average molecular weight is 418 g/mol. The Hall–Kier alpha value is -3.45. The molecular formula is C24H27N5O2. The number of nitrogens with two attached hydrogens (primary N) is 1. The first kappa shape index (κ1) is 20.8. The summed E-state index contributed by atoms with van der Waals surface area (Å²) in [7, 11) is 0. The SMILES string of the molecule is CCOCCCNC(=O)c1c(N)n(CCc2ccccc2)c2nc3ccccc3nc12. The maximum atomic E-state index is 13.0. The molecule has 0 bridgehead atoms. The number of para-hydroxylation sites is 2. The smallest absolute Gasteiger partial charge is 0.257 e. The van der Waals surface area contributed by atoms with Crippen LogP contribution < -0.4 is 11.1 Å². The van der Waals surface area contributed by atoms with Crippen LogP contribution in [0.5, 0.6) is 0 Å². The van der Waals surface area contributed by atoms with Crippen LogP contribution in [0.3, 0.4) is 0 Å². The Morgan fingerprint density at radius 1 is 1.06 bits per heavy atom. The number of benzene rings is 2. The maximum Gasteiger partial charge on any atom is 0.257 e. The molecule has 0 radical (unpaired) electrons. The van der Waals surface area contributed by atoms with Gasteiger partial charge in [-0.25, -0.2) is 9.97 Å². The van der Waals surface area contributed by atoms with Gasteiger partial charge in [0.2, 0.25) is 0 Å². The van der Waals surface area contributed by atoms with Crippen LogP contribution in [0.25, 0.3) is 22.2 Å². The highest BCUT2D eigenvalue weighted by molar-refractivity contribution is 6.10. The summed E-state index contributed by atoms with van der Waals surface area (Å²) in [5, 5.41) is 2.95. The van der Waals surface area contributed by atoms with Crippen molar-refractivity contribution in [1.29, 1.82) is 0 Å². The summed E-state index contributed by atoms with van der Waals surface area (Å²) in [6.45, 7) is 4.34. The fourth-order valence-corrected chi connectivity index (χ4v) is 3.66. The van der Waals surface area contributed by atoms with E-state index in [0.29, 0.717) is 48.8 Å². The van der Waals surface area contributed by atoms with Gasteiger partial charge in [-0.05, 0) is 37.5 Å². The lowest BCUT2D eigenvalue weighted by molar-refractivity contribution is 0.0946. The lowest BCUT2D eigenvalue weighted by Gasteiger charge is -2.08. The first-order valence-electron chi connectivity index (χ1n) is 10.6. The molecule has 7 heteroatoms. The molecule has 2 aromatic carbocycles. The van der Waals surface area contributed by atoms with Crippen LogP contribution >= 0.6 is 0 Å². The van der Waals surface area contributed by atoms with E-state index in [9.17, 15) is 4.79 Å². The third kappa shape index (κ3) is 4.51. The average Bonchev–Trinajstić information content (AvgIpc) is 3.06. The van der Waals surface area contributed by atoms with E-state index in [1.807, 2.05) is 54.0 Å². The number of ether oxygens (including phenoxy) is 1. The molecule has 4 rings (SSSR count). The normalized spacial score (nSPS) is 11.3. The van der Waals surface area contributed by atoms with Crippen LogP contribution in [0.2, 0.25) is 0 Å². The molecule has 2 aromatic heterocycles. The van der Waals surface area contributed by atoms with Crippen LogP contribution in [-0.2, 0) is 17.7 Å². The molecule has 0 aliphatic carbocycles. The second-order valence-electron chi connectivity index (χ2n) is 7.34. The van der Waals surface area contributed by atoms with Gasteiger partial charge in [0, 0.05) is 26.3 Å². The molecule has 0 atom stereocenters. The van der Waals surface area contributed by atoms with Crippen LogP contribution in [0.4, 0.5) is 5.82 Å². The number of aryl methyl sites for hydroxylation is 2. The third-order valence-corrected chi connectivity index (χ3v) is 5.24. The van der Waals surface area contributed by atoms with E-state index in [1.54, 1.807) is 0 Å². The van der Waals surface area contributed by atoms with Crippen molar-refractivity contribution in [2.24, 2.45) is 0 Å².